The third-order valence-electron chi connectivity index (χ3n) is 4.73. The van der Waals surface area contributed by atoms with Gasteiger partial charge in [-0.1, -0.05) is 17.7 Å². The Labute approximate surface area is 137 Å². The van der Waals surface area contributed by atoms with E-state index in [9.17, 15) is 4.79 Å². The van der Waals surface area contributed by atoms with Crippen molar-refractivity contribution < 1.29 is 4.79 Å². The molecule has 2 saturated heterocycles. The van der Waals surface area contributed by atoms with Crippen molar-refractivity contribution in [2.24, 2.45) is 5.92 Å². The summed E-state index contributed by atoms with van der Waals surface area (Å²) in [6.45, 7) is 5.52. The van der Waals surface area contributed by atoms with Crippen LogP contribution in [0.2, 0.25) is 5.02 Å². The molecule has 4 nitrogen and oxygen atoms in total. The molecule has 2 aliphatic heterocycles. The molecule has 0 saturated carbocycles. The number of amides is 1. The molecule has 5 heteroatoms. The van der Waals surface area contributed by atoms with Crippen LogP contribution >= 0.6 is 11.6 Å². The number of rotatable bonds is 3. The van der Waals surface area contributed by atoms with Crippen molar-refractivity contribution in [3.63, 3.8) is 0 Å². The van der Waals surface area contributed by atoms with Crippen molar-refractivity contribution in [2.45, 2.75) is 19.3 Å². The largest absolute Gasteiger partial charge is 0.368 e. The van der Waals surface area contributed by atoms with Crippen LogP contribution < -0.4 is 10.2 Å². The van der Waals surface area contributed by atoms with Crippen LogP contribution in [0.1, 0.15) is 19.3 Å². The highest BCUT2D eigenvalue weighted by Crippen LogP contribution is 2.22. The predicted octanol–water partition coefficient (Wildman–Crippen LogP) is 2.38. The fourth-order valence-corrected chi connectivity index (χ4v) is 3.53. The molecule has 0 bridgehead atoms. The van der Waals surface area contributed by atoms with E-state index in [2.05, 4.69) is 16.3 Å². The van der Waals surface area contributed by atoms with Gasteiger partial charge in [0.25, 0.3) is 0 Å². The zero-order chi connectivity index (χ0) is 15.4. The lowest BCUT2D eigenvalue weighted by Gasteiger charge is -2.37. The Morgan fingerprint density at radius 1 is 1.18 bits per heavy atom. The molecular weight excluding hydrogens is 298 g/mol. The zero-order valence-corrected chi connectivity index (χ0v) is 13.7. The van der Waals surface area contributed by atoms with Gasteiger partial charge in [0.05, 0.1) is 0 Å². The summed E-state index contributed by atoms with van der Waals surface area (Å²) in [6.07, 6.45) is 2.99. The second kappa shape index (κ2) is 7.34. The summed E-state index contributed by atoms with van der Waals surface area (Å²) in [5.41, 5.74) is 1.15. The maximum Gasteiger partial charge on any atom is 0.222 e. The Balaban J connectivity index is 1.49. The monoisotopic (exact) mass is 321 g/mol. The van der Waals surface area contributed by atoms with Gasteiger partial charge in [0, 0.05) is 43.3 Å². The quantitative estimate of drug-likeness (QED) is 0.928. The van der Waals surface area contributed by atoms with E-state index in [1.807, 2.05) is 23.1 Å². The van der Waals surface area contributed by atoms with Crippen molar-refractivity contribution in [1.29, 1.82) is 0 Å². The Hall–Kier alpha value is -1.26. The van der Waals surface area contributed by atoms with Gasteiger partial charge < -0.3 is 15.1 Å². The summed E-state index contributed by atoms with van der Waals surface area (Å²) in [6, 6.07) is 7.95. The topological polar surface area (TPSA) is 35.6 Å². The first-order chi connectivity index (χ1) is 10.7. The van der Waals surface area contributed by atoms with Crippen molar-refractivity contribution in [1.82, 2.24) is 10.2 Å². The van der Waals surface area contributed by atoms with Gasteiger partial charge in [-0.05, 0) is 50.0 Å². The fourth-order valence-electron chi connectivity index (χ4n) is 3.35. The number of carbonyl (C=O) groups excluding carboxylic acids is 1. The number of piperazine rings is 1. The maximum atomic E-state index is 12.4. The molecule has 0 unspecified atom stereocenters. The van der Waals surface area contributed by atoms with Crippen LogP contribution in [0.25, 0.3) is 0 Å². The highest BCUT2D eigenvalue weighted by molar-refractivity contribution is 6.30. The third kappa shape index (κ3) is 3.93. The van der Waals surface area contributed by atoms with E-state index in [0.717, 1.165) is 69.2 Å². The van der Waals surface area contributed by atoms with Gasteiger partial charge >= 0.3 is 0 Å². The lowest BCUT2D eigenvalue weighted by molar-refractivity contribution is -0.132. The van der Waals surface area contributed by atoms with Crippen molar-refractivity contribution in [2.75, 3.05) is 44.2 Å². The number of benzene rings is 1. The summed E-state index contributed by atoms with van der Waals surface area (Å²) in [5, 5.41) is 4.12. The van der Waals surface area contributed by atoms with E-state index >= 15 is 0 Å². The molecule has 3 rings (SSSR count). The number of hydrogen-bond acceptors (Lipinski definition) is 3. The van der Waals surface area contributed by atoms with E-state index in [-0.39, 0.29) is 0 Å². The average molecular weight is 322 g/mol. The second-order valence-electron chi connectivity index (χ2n) is 6.25. The smallest absolute Gasteiger partial charge is 0.222 e. The van der Waals surface area contributed by atoms with Gasteiger partial charge in [-0.3, -0.25) is 4.79 Å². The fraction of sp³-hybridized carbons (Fsp3) is 0.588. The molecule has 0 aliphatic carbocycles. The summed E-state index contributed by atoms with van der Waals surface area (Å²) < 4.78 is 0. The second-order valence-corrected chi connectivity index (χ2v) is 6.68. The molecule has 0 radical (unpaired) electrons. The van der Waals surface area contributed by atoms with Gasteiger partial charge in [0.15, 0.2) is 0 Å². The van der Waals surface area contributed by atoms with E-state index in [4.69, 9.17) is 11.6 Å². The third-order valence-corrected chi connectivity index (χ3v) is 4.96. The first-order valence-electron chi connectivity index (χ1n) is 8.21. The molecule has 1 N–H and O–H groups in total. The van der Waals surface area contributed by atoms with Crippen LogP contribution in [0.3, 0.4) is 0 Å². The van der Waals surface area contributed by atoms with E-state index in [1.165, 1.54) is 0 Å². The molecule has 1 aromatic rings. The number of piperidine rings is 1. The highest BCUT2D eigenvalue weighted by atomic mass is 35.5. The highest BCUT2D eigenvalue weighted by Gasteiger charge is 2.24. The minimum absolute atomic E-state index is 0.331. The SMILES string of the molecule is O=C(CC1CCNCC1)N1CCN(c2cccc(Cl)c2)CC1. The molecule has 1 amide bonds. The average Bonchev–Trinajstić information content (AvgIpc) is 2.56. The van der Waals surface area contributed by atoms with Gasteiger partial charge in [-0.25, -0.2) is 0 Å². The van der Waals surface area contributed by atoms with Crippen molar-refractivity contribution >= 4 is 23.2 Å². The molecule has 2 fully saturated rings. The number of nitrogens with zero attached hydrogens (tertiary/aromatic N) is 2. The summed E-state index contributed by atoms with van der Waals surface area (Å²) >= 11 is 6.06. The first kappa shape index (κ1) is 15.6. The molecule has 2 aliphatic rings. The maximum absolute atomic E-state index is 12.4. The molecule has 22 heavy (non-hydrogen) atoms. The summed E-state index contributed by atoms with van der Waals surface area (Å²) in [7, 11) is 0. The van der Waals surface area contributed by atoms with E-state index in [0.29, 0.717) is 11.8 Å². The Morgan fingerprint density at radius 3 is 2.59 bits per heavy atom. The van der Waals surface area contributed by atoms with Gasteiger partial charge in [0.1, 0.15) is 0 Å². The Kier molecular flexibility index (Phi) is 5.21. The number of halogens is 1. The number of carbonyl (C=O) groups is 1. The van der Waals surface area contributed by atoms with Crippen LogP contribution in [-0.4, -0.2) is 50.1 Å². The minimum Gasteiger partial charge on any atom is -0.368 e. The van der Waals surface area contributed by atoms with Gasteiger partial charge in [0.2, 0.25) is 5.91 Å². The van der Waals surface area contributed by atoms with E-state index < -0.39 is 0 Å². The molecule has 0 atom stereocenters. The van der Waals surface area contributed by atoms with Gasteiger partial charge in [-0.2, -0.15) is 0 Å². The molecule has 1 aromatic carbocycles. The predicted molar refractivity (Wildman–Crippen MR) is 90.5 cm³/mol. The molecule has 0 spiro atoms. The van der Waals surface area contributed by atoms with Crippen LogP contribution in [0.15, 0.2) is 24.3 Å². The summed E-state index contributed by atoms with van der Waals surface area (Å²) in [4.78, 5) is 16.8. The van der Waals surface area contributed by atoms with Crippen LogP contribution in [0, 0.1) is 5.92 Å². The molecule has 120 valence electrons. The minimum atomic E-state index is 0.331. The van der Waals surface area contributed by atoms with Gasteiger partial charge in [-0.15, -0.1) is 0 Å². The molecule has 0 aromatic heterocycles. The lowest BCUT2D eigenvalue weighted by atomic mass is 9.94. The number of anilines is 1. The Bertz CT molecular complexity index is 508. The van der Waals surface area contributed by atoms with Crippen LogP contribution in [-0.2, 0) is 4.79 Å². The van der Waals surface area contributed by atoms with Crippen molar-refractivity contribution in [3.05, 3.63) is 29.3 Å². The van der Waals surface area contributed by atoms with E-state index in [1.54, 1.807) is 0 Å². The van der Waals surface area contributed by atoms with Crippen LogP contribution in [0.4, 0.5) is 5.69 Å². The van der Waals surface area contributed by atoms with Crippen LogP contribution in [0.5, 0.6) is 0 Å². The summed E-state index contributed by atoms with van der Waals surface area (Å²) in [5.74, 6) is 0.900. The first-order valence-corrected chi connectivity index (χ1v) is 8.59. The lowest BCUT2D eigenvalue weighted by Crippen LogP contribution is -2.49. The number of hydrogen-bond donors (Lipinski definition) is 1. The molecule has 2 heterocycles. The normalized spacial score (nSPS) is 20.2. The Morgan fingerprint density at radius 2 is 1.91 bits per heavy atom. The standard InChI is InChI=1S/C17H24ClN3O/c18-15-2-1-3-16(13-15)20-8-10-21(11-9-20)17(22)12-14-4-6-19-7-5-14/h1-3,13-14,19H,4-12H2. The van der Waals surface area contributed by atoms with Crippen molar-refractivity contribution in [3.8, 4) is 0 Å². The molecular formula is C17H24ClN3O. The zero-order valence-electron chi connectivity index (χ0n) is 12.9. The number of nitrogens with one attached hydrogen (secondary N) is 1.